The quantitative estimate of drug-likeness (QED) is 0.766. The minimum absolute atomic E-state index is 0.110. The second kappa shape index (κ2) is 4.60. The van der Waals surface area contributed by atoms with Crippen LogP contribution in [-0.2, 0) is 4.79 Å². The van der Waals surface area contributed by atoms with Crippen LogP contribution in [0.4, 0.5) is 0 Å². The van der Waals surface area contributed by atoms with Crippen LogP contribution in [0.25, 0.3) is 0 Å². The Balaban J connectivity index is 1.55. The van der Waals surface area contributed by atoms with Gasteiger partial charge in [-0.15, -0.1) is 0 Å². The molecule has 1 heterocycles. The van der Waals surface area contributed by atoms with Gasteiger partial charge in [0.25, 0.3) is 0 Å². The summed E-state index contributed by atoms with van der Waals surface area (Å²) in [6.45, 7) is 3.34. The van der Waals surface area contributed by atoms with Crippen molar-refractivity contribution in [3.8, 4) is 0 Å². The van der Waals surface area contributed by atoms with Crippen LogP contribution >= 0.6 is 0 Å². The predicted octanol–water partition coefficient (Wildman–Crippen LogP) is 1.68. The Morgan fingerprint density at radius 2 is 2.12 bits per heavy atom. The number of rotatable bonds is 2. The molecular weight excluding hydrogens is 212 g/mol. The minimum atomic E-state index is 0.110. The van der Waals surface area contributed by atoms with Crippen molar-refractivity contribution in [2.75, 3.05) is 6.54 Å². The molecule has 3 heteroatoms. The molecule has 1 saturated heterocycles. The molecule has 0 radical (unpaired) electrons. The summed E-state index contributed by atoms with van der Waals surface area (Å²) in [6, 6.07) is 0.554. The molecule has 2 saturated carbocycles. The van der Waals surface area contributed by atoms with E-state index >= 15 is 0 Å². The molecule has 3 fully saturated rings. The van der Waals surface area contributed by atoms with Crippen LogP contribution < -0.4 is 10.6 Å². The molecule has 17 heavy (non-hydrogen) atoms. The molecule has 96 valence electrons. The van der Waals surface area contributed by atoms with E-state index in [1.807, 2.05) is 0 Å². The second-order valence-electron chi connectivity index (χ2n) is 6.36. The number of hydrogen-bond donors (Lipinski definition) is 2. The summed E-state index contributed by atoms with van der Waals surface area (Å²) in [7, 11) is 0. The van der Waals surface area contributed by atoms with Crippen molar-refractivity contribution in [1.29, 1.82) is 0 Å². The summed E-state index contributed by atoms with van der Waals surface area (Å²) in [5.74, 6) is 2.46. The molecule has 2 aliphatic carbocycles. The number of fused-ring (bicyclic) bond motifs is 1. The van der Waals surface area contributed by atoms with E-state index < -0.39 is 0 Å². The Kier molecular flexibility index (Phi) is 3.12. The highest BCUT2D eigenvalue weighted by atomic mass is 16.2. The lowest BCUT2D eigenvalue weighted by molar-refractivity contribution is -0.124. The summed E-state index contributed by atoms with van der Waals surface area (Å²) in [4.78, 5) is 12.3. The fraction of sp³-hybridized carbons (Fsp3) is 0.929. The first kappa shape index (κ1) is 11.5. The standard InChI is InChI=1S/C14H24N2O/c1-9-5-6-11(7-9)16-14(17)13-12-4-2-3-10(12)8-15-13/h9-13,15H,2-8H2,1H3,(H,16,17). The van der Waals surface area contributed by atoms with Crippen molar-refractivity contribution in [1.82, 2.24) is 10.6 Å². The van der Waals surface area contributed by atoms with Gasteiger partial charge < -0.3 is 10.6 Å². The third kappa shape index (κ3) is 2.22. The van der Waals surface area contributed by atoms with E-state index in [2.05, 4.69) is 17.6 Å². The van der Waals surface area contributed by atoms with Crippen LogP contribution in [-0.4, -0.2) is 24.5 Å². The largest absolute Gasteiger partial charge is 0.352 e. The Bertz CT molecular complexity index is 305. The molecule has 1 aliphatic heterocycles. The molecule has 0 aromatic heterocycles. The van der Waals surface area contributed by atoms with E-state index in [-0.39, 0.29) is 11.9 Å². The van der Waals surface area contributed by atoms with Crippen LogP contribution in [0, 0.1) is 17.8 Å². The lowest BCUT2D eigenvalue weighted by Crippen LogP contribution is -2.47. The normalized spacial score (nSPS) is 44.9. The first-order valence-electron chi connectivity index (χ1n) is 7.28. The van der Waals surface area contributed by atoms with E-state index in [4.69, 9.17) is 0 Å². The molecule has 0 aromatic rings. The number of hydrogen-bond acceptors (Lipinski definition) is 2. The lowest BCUT2D eigenvalue weighted by atomic mass is 9.93. The van der Waals surface area contributed by atoms with E-state index in [0.717, 1.165) is 18.4 Å². The van der Waals surface area contributed by atoms with Crippen molar-refractivity contribution in [2.45, 2.75) is 57.5 Å². The van der Waals surface area contributed by atoms with Crippen LogP contribution in [0.5, 0.6) is 0 Å². The Labute approximate surface area is 104 Å². The summed E-state index contributed by atoms with van der Waals surface area (Å²) in [5.41, 5.74) is 0. The molecule has 3 aliphatic rings. The van der Waals surface area contributed by atoms with Gasteiger partial charge in [0.2, 0.25) is 5.91 Å². The number of nitrogens with one attached hydrogen (secondary N) is 2. The van der Waals surface area contributed by atoms with Crippen molar-refractivity contribution >= 4 is 5.91 Å². The van der Waals surface area contributed by atoms with Gasteiger partial charge in [0.15, 0.2) is 0 Å². The smallest absolute Gasteiger partial charge is 0.237 e. The van der Waals surface area contributed by atoms with Gasteiger partial charge in [-0.2, -0.15) is 0 Å². The highest BCUT2D eigenvalue weighted by molar-refractivity contribution is 5.82. The maximum atomic E-state index is 12.3. The van der Waals surface area contributed by atoms with Gasteiger partial charge in [-0.05, 0) is 56.4 Å². The fourth-order valence-corrected chi connectivity index (χ4v) is 4.10. The van der Waals surface area contributed by atoms with Gasteiger partial charge in [0.05, 0.1) is 6.04 Å². The van der Waals surface area contributed by atoms with E-state index in [9.17, 15) is 4.79 Å². The predicted molar refractivity (Wildman–Crippen MR) is 67.6 cm³/mol. The molecule has 1 amide bonds. The van der Waals surface area contributed by atoms with Crippen LogP contribution in [0.3, 0.4) is 0 Å². The Morgan fingerprint density at radius 1 is 1.24 bits per heavy atom. The lowest BCUT2D eigenvalue weighted by Gasteiger charge is -2.20. The average Bonchev–Trinajstić information content (AvgIpc) is 2.93. The van der Waals surface area contributed by atoms with E-state index in [1.165, 1.54) is 38.5 Å². The number of carbonyl (C=O) groups excluding carboxylic acids is 1. The Hall–Kier alpha value is -0.570. The zero-order chi connectivity index (χ0) is 11.8. The van der Waals surface area contributed by atoms with Crippen molar-refractivity contribution < 1.29 is 4.79 Å². The molecule has 5 atom stereocenters. The third-order valence-electron chi connectivity index (χ3n) is 5.07. The zero-order valence-electron chi connectivity index (χ0n) is 10.7. The summed E-state index contributed by atoms with van der Waals surface area (Å²) in [6.07, 6.45) is 7.51. The van der Waals surface area contributed by atoms with Gasteiger partial charge >= 0.3 is 0 Å². The van der Waals surface area contributed by atoms with Gasteiger partial charge in [-0.25, -0.2) is 0 Å². The van der Waals surface area contributed by atoms with Crippen LogP contribution in [0.2, 0.25) is 0 Å². The summed E-state index contributed by atoms with van der Waals surface area (Å²) < 4.78 is 0. The van der Waals surface area contributed by atoms with E-state index in [1.54, 1.807) is 0 Å². The topological polar surface area (TPSA) is 41.1 Å². The van der Waals surface area contributed by atoms with Gasteiger partial charge in [-0.3, -0.25) is 4.79 Å². The van der Waals surface area contributed by atoms with Crippen molar-refractivity contribution in [2.24, 2.45) is 17.8 Å². The molecule has 3 rings (SSSR count). The highest BCUT2D eigenvalue weighted by Crippen LogP contribution is 2.37. The molecule has 3 nitrogen and oxygen atoms in total. The first-order chi connectivity index (χ1) is 8.24. The highest BCUT2D eigenvalue weighted by Gasteiger charge is 2.42. The van der Waals surface area contributed by atoms with Crippen LogP contribution in [0.15, 0.2) is 0 Å². The van der Waals surface area contributed by atoms with E-state index in [0.29, 0.717) is 12.0 Å². The summed E-state index contributed by atoms with van der Waals surface area (Å²) in [5, 5.41) is 6.69. The number of amides is 1. The molecule has 0 bridgehead atoms. The molecule has 2 N–H and O–H groups in total. The maximum Gasteiger partial charge on any atom is 0.237 e. The molecule has 0 spiro atoms. The molecular formula is C14H24N2O. The SMILES string of the molecule is CC1CCC(NC(=O)C2NCC3CCCC32)C1. The fourth-order valence-electron chi connectivity index (χ4n) is 4.10. The van der Waals surface area contributed by atoms with Gasteiger partial charge in [0, 0.05) is 6.04 Å². The summed E-state index contributed by atoms with van der Waals surface area (Å²) >= 11 is 0. The average molecular weight is 236 g/mol. The monoisotopic (exact) mass is 236 g/mol. The van der Waals surface area contributed by atoms with Gasteiger partial charge in [-0.1, -0.05) is 13.3 Å². The maximum absolute atomic E-state index is 12.3. The van der Waals surface area contributed by atoms with Crippen molar-refractivity contribution in [3.05, 3.63) is 0 Å². The van der Waals surface area contributed by atoms with Gasteiger partial charge in [0.1, 0.15) is 0 Å². The molecule has 0 aromatic carbocycles. The minimum Gasteiger partial charge on any atom is -0.352 e. The zero-order valence-corrected chi connectivity index (χ0v) is 10.7. The molecule has 5 unspecified atom stereocenters. The Morgan fingerprint density at radius 3 is 2.88 bits per heavy atom. The third-order valence-corrected chi connectivity index (χ3v) is 5.07. The first-order valence-corrected chi connectivity index (χ1v) is 7.28. The number of carbonyl (C=O) groups is 1. The second-order valence-corrected chi connectivity index (χ2v) is 6.36. The van der Waals surface area contributed by atoms with Crippen molar-refractivity contribution in [3.63, 3.8) is 0 Å². The van der Waals surface area contributed by atoms with Crippen LogP contribution in [0.1, 0.15) is 45.4 Å².